The van der Waals surface area contributed by atoms with Gasteiger partial charge in [-0.1, -0.05) is 35.1 Å². The SMILES string of the molecule is COc1ccc(-c2nc(NC(=O)c3ccccc3Cl)sc2-c2ccc(OC)cc2)cc1. The van der Waals surface area contributed by atoms with Crippen LogP contribution in [-0.4, -0.2) is 25.1 Å². The molecule has 0 spiro atoms. The number of nitrogens with one attached hydrogen (secondary N) is 1. The zero-order valence-corrected chi connectivity index (χ0v) is 18.5. The highest BCUT2D eigenvalue weighted by molar-refractivity contribution is 7.19. The second-order valence-corrected chi connectivity index (χ2v) is 7.99. The molecular weight excluding hydrogens is 432 g/mol. The average Bonchev–Trinajstić information content (AvgIpc) is 3.23. The first kappa shape index (κ1) is 20.9. The summed E-state index contributed by atoms with van der Waals surface area (Å²) in [5.74, 6) is 1.23. The monoisotopic (exact) mass is 450 g/mol. The highest BCUT2D eigenvalue weighted by Gasteiger charge is 2.18. The van der Waals surface area contributed by atoms with Gasteiger partial charge in [0.15, 0.2) is 5.13 Å². The van der Waals surface area contributed by atoms with Crippen LogP contribution in [0.2, 0.25) is 5.02 Å². The number of ether oxygens (including phenoxy) is 2. The zero-order valence-electron chi connectivity index (χ0n) is 16.9. The van der Waals surface area contributed by atoms with Crippen LogP contribution < -0.4 is 14.8 Å². The largest absolute Gasteiger partial charge is 0.497 e. The molecule has 3 aromatic carbocycles. The molecule has 0 radical (unpaired) electrons. The van der Waals surface area contributed by atoms with Crippen LogP contribution in [0.3, 0.4) is 0 Å². The van der Waals surface area contributed by atoms with Crippen LogP contribution in [-0.2, 0) is 0 Å². The number of anilines is 1. The number of carbonyl (C=O) groups excluding carboxylic acids is 1. The number of methoxy groups -OCH3 is 2. The summed E-state index contributed by atoms with van der Waals surface area (Å²) in [5.41, 5.74) is 3.06. The Morgan fingerprint density at radius 2 is 1.45 bits per heavy atom. The molecule has 156 valence electrons. The van der Waals surface area contributed by atoms with Crippen molar-refractivity contribution in [2.45, 2.75) is 0 Å². The van der Waals surface area contributed by atoms with E-state index in [4.69, 9.17) is 26.1 Å². The fourth-order valence-corrected chi connectivity index (χ4v) is 4.28. The minimum Gasteiger partial charge on any atom is -0.497 e. The summed E-state index contributed by atoms with van der Waals surface area (Å²) < 4.78 is 10.5. The lowest BCUT2D eigenvalue weighted by Gasteiger charge is -2.05. The molecule has 1 aromatic heterocycles. The molecule has 0 atom stereocenters. The lowest BCUT2D eigenvalue weighted by Crippen LogP contribution is -2.12. The third-order valence-corrected chi connectivity index (χ3v) is 6.03. The molecule has 7 heteroatoms. The van der Waals surface area contributed by atoms with Crippen molar-refractivity contribution in [3.63, 3.8) is 0 Å². The third-order valence-electron chi connectivity index (χ3n) is 4.68. The molecule has 0 aliphatic rings. The van der Waals surface area contributed by atoms with Crippen molar-refractivity contribution in [1.82, 2.24) is 4.98 Å². The van der Waals surface area contributed by atoms with Crippen LogP contribution >= 0.6 is 22.9 Å². The van der Waals surface area contributed by atoms with E-state index in [2.05, 4.69) is 5.32 Å². The van der Waals surface area contributed by atoms with Crippen molar-refractivity contribution >= 4 is 34.0 Å². The number of hydrogen-bond acceptors (Lipinski definition) is 5. The van der Waals surface area contributed by atoms with Crippen molar-refractivity contribution in [2.75, 3.05) is 19.5 Å². The molecular formula is C24H19ClN2O3S. The Labute approximate surface area is 189 Å². The predicted octanol–water partition coefficient (Wildman–Crippen LogP) is 6.40. The van der Waals surface area contributed by atoms with Crippen LogP contribution in [0.25, 0.3) is 21.7 Å². The molecule has 1 amide bonds. The molecule has 0 fully saturated rings. The number of benzene rings is 3. The maximum Gasteiger partial charge on any atom is 0.258 e. The molecule has 0 aliphatic heterocycles. The van der Waals surface area contributed by atoms with Gasteiger partial charge in [-0.2, -0.15) is 0 Å². The standard InChI is InChI=1S/C24H19ClN2O3S/c1-29-17-11-7-15(8-12-17)21-22(16-9-13-18(30-2)14-10-16)31-24(26-21)27-23(28)19-5-3-4-6-20(19)25/h3-14H,1-2H3,(H,26,27,28). The minimum atomic E-state index is -0.304. The van der Waals surface area contributed by atoms with E-state index in [1.165, 1.54) is 11.3 Å². The third kappa shape index (κ3) is 4.55. The molecule has 5 nitrogen and oxygen atoms in total. The van der Waals surface area contributed by atoms with Gasteiger partial charge in [-0.3, -0.25) is 10.1 Å². The van der Waals surface area contributed by atoms with Gasteiger partial charge >= 0.3 is 0 Å². The van der Waals surface area contributed by atoms with Crippen molar-refractivity contribution in [3.8, 4) is 33.2 Å². The number of aromatic nitrogens is 1. The molecule has 1 heterocycles. The smallest absolute Gasteiger partial charge is 0.258 e. The fraction of sp³-hybridized carbons (Fsp3) is 0.0833. The van der Waals surface area contributed by atoms with Gasteiger partial charge in [-0.05, 0) is 66.2 Å². The van der Waals surface area contributed by atoms with E-state index in [-0.39, 0.29) is 5.91 Å². The first-order valence-electron chi connectivity index (χ1n) is 9.44. The normalized spacial score (nSPS) is 10.5. The first-order chi connectivity index (χ1) is 15.1. The predicted molar refractivity (Wildman–Crippen MR) is 125 cm³/mol. The number of halogens is 1. The van der Waals surface area contributed by atoms with Crippen molar-refractivity contribution < 1.29 is 14.3 Å². The summed E-state index contributed by atoms with van der Waals surface area (Å²) in [7, 11) is 3.26. The van der Waals surface area contributed by atoms with Gasteiger partial charge in [-0.15, -0.1) is 0 Å². The number of amides is 1. The van der Waals surface area contributed by atoms with E-state index in [1.54, 1.807) is 38.5 Å². The number of nitrogens with zero attached hydrogens (tertiary/aromatic N) is 1. The van der Waals surface area contributed by atoms with E-state index in [0.717, 1.165) is 33.2 Å². The Bertz CT molecular complexity index is 1140. The second-order valence-electron chi connectivity index (χ2n) is 6.59. The Morgan fingerprint density at radius 3 is 2.03 bits per heavy atom. The molecule has 4 aromatic rings. The number of hydrogen-bond donors (Lipinski definition) is 1. The van der Waals surface area contributed by atoms with Crippen LogP contribution in [0.5, 0.6) is 11.5 Å². The Morgan fingerprint density at radius 1 is 0.871 bits per heavy atom. The van der Waals surface area contributed by atoms with Gasteiger partial charge in [0, 0.05) is 5.56 Å². The number of carbonyl (C=O) groups is 1. The van der Waals surface area contributed by atoms with E-state index in [0.29, 0.717) is 15.7 Å². The number of thiazole rings is 1. The van der Waals surface area contributed by atoms with Crippen molar-refractivity contribution in [1.29, 1.82) is 0 Å². The first-order valence-corrected chi connectivity index (χ1v) is 10.6. The van der Waals surface area contributed by atoms with E-state index in [9.17, 15) is 4.79 Å². The van der Waals surface area contributed by atoms with Crippen molar-refractivity contribution in [2.24, 2.45) is 0 Å². The summed E-state index contributed by atoms with van der Waals surface area (Å²) in [5, 5.41) is 3.76. The van der Waals surface area contributed by atoms with Gasteiger partial charge < -0.3 is 9.47 Å². The van der Waals surface area contributed by atoms with Crippen LogP contribution in [0.15, 0.2) is 72.8 Å². The fourth-order valence-electron chi connectivity index (χ4n) is 3.07. The second kappa shape index (κ2) is 9.20. The highest BCUT2D eigenvalue weighted by Crippen LogP contribution is 2.40. The van der Waals surface area contributed by atoms with Gasteiger partial charge in [0.2, 0.25) is 0 Å². The summed E-state index contributed by atoms with van der Waals surface area (Å²) in [6.07, 6.45) is 0. The lowest BCUT2D eigenvalue weighted by atomic mass is 10.1. The zero-order chi connectivity index (χ0) is 21.8. The molecule has 0 saturated carbocycles. The Hall–Kier alpha value is -3.35. The summed E-state index contributed by atoms with van der Waals surface area (Å²) in [4.78, 5) is 18.4. The summed E-state index contributed by atoms with van der Waals surface area (Å²) >= 11 is 7.57. The van der Waals surface area contributed by atoms with Gasteiger partial charge in [0.25, 0.3) is 5.91 Å². The molecule has 0 unspecified atom stereocenters. The molecule has 4 rings (SSSR count). The average molecular weight is 451 g/mol. The number of rotatable bonds is 6. The maximum absolute atomic E-state index is 12.7. The van der Waals surface area contributed by atoms with Crippen LogP contribution in [0.4, 0.5) is 5.13 Å². The van der Waals surface area contributed by atoms with E-state index in [1.807, 2.05) is 48.5 Å². The van der Waals surface area contributed by atoms with Crippen LogP contribution in [0, 0.1) is 0 Å². The molecule has 0 saturated heterocycles. The van der Waals surface area contributed by atoms with Gasteiger partial charge in [0.05, 0.1) is 35.4 Å². The van der Waals surface area contributed by atoms with Crippen molar-refractivity contribution in [3.05, 3.63) is 83.4 Å². The van der Waals surface area contributed by atoms with Gasteiger partial charge in [-0.25, -0.2) is 4.98 Å². The van der Waals surface area contributed by atoms with E-state index < -0.39 is 0 Å². The Balaban J connectivity index is 1.73. The molecule has 0 bridgehead atoms. The highest BCUT2D eigenvalue weighted by atomic mass is 35.5. The lowest BCUT2D eigenvalue weighted by molar-refractivity contribution is 0.102. The summed E-state index contributed by atoms with van der Waals surface area (Å²) in [6, 6.07) is 22.3. The molecule has 0 aliphatic carbocycles. The summed E-state index contributed by atoms with van der Waals surface area (Å²) in [6.45, 7) is 0. The molecule has 31 heavy (non-hydrogen) atoms. The minimum absolute atomic E-state index is 0.304. The van der Waals surface area contributed by atoms with Gasteiger partial charge in [0.1, 0.15) is 11.5 Å². The topological polar surface area (TPSA) is 60.5 Å². The maximum atomic E-state index is 12.7. The molecule has 1 N–H and O–H groups in total. The van der Waals surface area contributed by atoms with Crippen LogP contribution in [0.1, 0.15) is 10.4 Å². The van der Waals surface area contributed by atoms with E-state index >= 15 is 0 Å². The Kier molecular flexibility index (Phi) is 6.21. The quantitative estimate of drug-likeness (QED) is 0.369.